The Kier molecular flexibility index (Phi) is 5.13. The van der Waals surface area contributed by atoms with Gasteiger partial charge in [0.15, 0.2) is 5.17 Å². The second-order valence-electron chi connectivity index (χ2n) is 5.18. The van der Waals surface area contributed by atoms with Crippen LogP contribution >= 0.6 is 11.8 Å². The highest BCUT2D eigenvalue weighted by Gasteiger charge is 2.04. The van der Waals surface area contributed by atoms with E-state index < -0.39 is 0 Å². The molecule has 0 spiro atoms. The van der Waals surface area contributed by atoms with E-state index in [0.717, 1.165) is 16.5 Å². The van der Waals surface area contributed by atoms with E-state index in [1.54, 1.807) is 6.07 Å². The van der Waals surface area contributed by atoms with Gasteiger partial charge >= 0.3 is 0 Å². The van der Waals surface area contributed by atoms with Gasteiger partial charge in [0.1, 0.15) is 5.75 Å². The number of aromatic hydroxyl groups is 1. The van der Waals surface area contributed by atoms with Gasteiger partial charge in [-0.25, -0.2) is 0 Å². The second kappa shape index (κ2) is 7.66. The first-order chi connectivity index (χ1) is 11.7. The van der Waals surface area contributed by atoms with Crippen LogP contribution in [0.1, 0.15) is 11.1 Å². The zero-order chi connectivity index (χ0) is 16.8. The van der Waals surface area contributed by atoms with Crippen molar-refractivity contribution >= 4 is 33.9 Å². The standard InChI is InChI=1S/C19H17N3OS/c20-19(24-13-14-6-2-1-3-7-14)22-21-12-17-16-9-5-4-8-15(16)10-11-18(17)23/h1-12,23H,13H2,(H2,20,22). The lowest BCUT2D eigenvalue weighted by Gasteiger charge is -2.04. The molecule has 0 aliphatic heterocycles. The largest absolute Gasteiger partial charge is 0.507 e. The number of nitrogens with zero attached hydrogens (tertiary/aromatic N) is 2. The van der Waals surface area contributed by atoms with Crippen LogP contribution in [-0.4, -0.2) is 16.5 Å². The van der Waals surface area contributed by atoms with Crippen LogP contribution in [0, 0.1) is 0 Å². The van der Waals surface area contributed by atoms with Gasteiger partial charge in [-0.1, -0.05) is 72.4 Å². The molecule has 0 saturated carbocycles. The molecule has 3 rings (SSSR count). The molecule has 5 heteroatoms. The Bertz CT molecular complexity index is 892. The van der Waals surface area contributed by atoms with E-state index >= 15 is 0 Å². The minimum absolute atomic E-state index is 0.170. The van der Waals surface area contributed by atoms with Crippen molar-refractivity contribution in [3.8, 4) is 5.75 Å². The fourth-order valence-corrected chi connectivity index (χ4v) is 2.94. The molecule has 0 aliphatic rings. The maximum atomic E-state index is 10.0. The van der Waals surface area contributed by atoms with Crippen molar-refractivity contribution in [3.63, 3.8) is 0 Å². The van der Waals surface area contributed by atoms with Crippen LogP contribution < -0.4 is 5.73 Å². The first kappa shape index (κ1) is 16.1. The summed E-state index contributed by atoms with van der Waals surface area (Å²) in [4.78, 5) is 0. The molecule has 0 bridgehead atoms. The number of thioether (sulfide) groups is 1. The molecule has 0 heterocycles. The summed E-state index contributed by atoms with van der Waals surface area (Å²) in [6.45, 7) is 0. The van der Waals surface area contributed by atoms with Gasteiger partial charge in [0.25, 0.3) is 0 Å². The molecule has 0 fully saturated rings. The predicted octanol–water partition coefficient (Wildman–Crippen LogP) is 4.13. The van der Waals surface area contributed by atoms with Crippen molar-refractivity contribution in [2.24, 2.45) is 15.9 Å². The van der Waals surface area contributed by atoms with Crippen LogP contribution in [0.2, 0.25) is 0 Å². The number of amidine groups is 1. The van der Waals surface area contributed by atoms with Crippen molar-refractivity contribution in [2.75, 3.05) is 0 Å². The van der Waals surface area contributed by atoms with Crippen molar-refractivity contribution in [2.45, 2.75) is 5.75 Å². The first-order valence-electron chi connectivity index (χ1n) is 7.48. The average molecular weight is 335 g/mol. The Morgan fingerprint density at radius 3 is 2.58 bits per heavy atom. The Balaban J connectivity index is 1.73. The molecule has 0 amide bonds. The van der Waals surface area contributed by atoms with Gasteiger partial charge in [-0.15, -0.1) is 5.10 Å². The summed E-state index contributed by atoms with van der Waals surface area (Å²) in [6, 6.07) is 21.4. The minimum Gasteiger partial charge on any atom is -0.507 e. The lowest BCUT2D eigenvalue weighted by molar-refractivity contribution is 0.475. The number of hydrogen-bond donors (Lipinski definition) is 2. The zero-order valence-corrected chi connectivity index (χ0v) is 13.8. The Labute approximate surface area is 144 Å². The monoisotopic (exact) mass is 335 g/mol. The molecular formula is C19H17N3OS. The topological polar surface area (TPSA) is 71.0 Å². The molecule has 3 aromatic rings. The summed E-state index contributed by atoms with van der Waals surface area (Å²) >= 11 is 1.42. The first-order valence-corrected chi connectivity index (χ1v) is 8.46. The maximum absolute atomic E-state index is 10.0. The van der Waals surface area contributed by atoms with Crippen LogP contribution in [0.25, 0.3) is 10.8 Å². The van der Waals surface area contributed by atoms with Crippen LogP contribution in [0.15, 0.2) is 76.9 Å². The summed E-state index contributed by atoms with van der Waals surface area (Å²) in [5, 5.41) is 20.4. The summed E-state index contributed by atoms with van der Waals surface area (Å²) in [6.07, 6.45) is 1.54. The van der Waals surface area contributed by atoms with Crippen molar-refractivity contribution in [1.29, 1.82) is 0 Å². The number of benzene rings is 3. The smallest absolute Gasteiger partial charge is 0.180 e. The minimum atomic E-state index is 0.170. The molecule has 4 nitrogen and oxygen atoms in total. The van der Waals surface area contributed by atoms with Crippen LogP contribution in [0.5, 0.6) is 5.75 Å². The van der Waals surface area contributed by atoms with E-state index in [2.05, 4.69) is 10.2 Å². The van der Waals surface area contributed by atoms with E-state index in [1.165, 1.54) is 23.5 Å². The fraction of sp³-hybridized carbons (Fsp3) is 0.0526. The van der Waals surface area contributed by atoms with Gasteiger partial charge in [0, 0.05) is 11.3 Å². The number of fused-ring (bicyclic) bond motifs is 1. The van der Waals surface area contributed by atoms with E-state index in [1.807, 2.05) is 60.7 Å². The predicted molar refractivity (Wildman–Crippen MR) is 103 cm³/mol. The van der Waals surface area contributed by atoms with Gasteiger partial charge in [-0.2, -0.15) is 5.10 Å². The summed E-state index contributed by atoms with van der Waals surface area (Å²) < 4.78 is 0. The molecule has 0 atom stereocenters. The van der Waals surface area contributed by atoms with Crippen molar-refractivity contribution < 1.29 is 5.11 Å². The number of rotatable bonds is 4. The molecule has 24 heavy (non-hydrogen) atoms. The Morgan fingerprint density at radius 1 is 1.00 bits per heavy atom. The van der Waals surface area contributed by atoms with Crippen molar-refractivity contribution in [3.05, 3.63) is 77.9 Å². The van der Waals surface area contributed by atoms with E-state index in [0.29, 0.717) is 10.7 Å². The zero-order valence-electron chi connectivity index (χ0n) is 13.0. The molecule has 3 N–H and O–H groups in total. The number of hydrogen-bond acceptors (Lipinski definition) is 4. The molecule has 3 aromatic carbocycles. The molecule has 0 saturated heterocycles. The normalized spacial score (nSPS) is 12.1. The second-order valence-corrected chi connectivity index (χ2v) is 6.17. The third-order valence-corrected chi connectivity index (χ3v) is 4.38. The molecule has 0 unspecified atom stereocenters. The van der Waals surface area contributed by atoms with Crippen LogP contribution in [-0.2, 0) is 5.75 Å². The molecule has 0 aromatic heterocycles. The van der Waals surface area contributed by atoms with Gasteiger partial charge in [0.2, 0.25) is 0 Å². The average Bonchev–Trinajstić information content (AvgIpc) is 2.63. The van der Waals surface area contributed by atoms with E-state index in [9.17, 15) is 5.11 Å². The molecule has 120 valence electrons. The molecular weight excluding hydrogens is 318 g/mol. The van der Waals surface area contributed by atoms with Crippen LogP contribution in [0.3, 0.4) is 0 Å². The number of phenols is 1. The summed E-state index contributed by atoms with van der Waals surface area (Å²) in [5.41, 5.74) is 7.69. The fourth-order valence-electron chi connectivity index (χ4n) is 2.32. The molecule has 0 radical (unpaired) electrons. The highest BCUT2D eigenvalue weighted by molar-refractivity contribution is 8.13. The lowest BCUT2D eigenvalue weighted by atomic mass is 10.0. The third kappa shape index (κ3) is 3.94. The van der Waals surface area contributed by atoms with Crippen LogP contribution in [0.4, 0.5) is 0 Å². The number of phenolic OH excluding ortho intramolecular Hbond substituents is 1. The Morgan fingerprint density at radius 2 is 1.75 bits per heavy atom. The number of nitrogens with two attached hydrogens (primary N) is 1. The van der Waals surface area contributed by atoms with E-state index in [4.69, 9.17) is 5.73 Å². The lowest BCUT2D eigenvalue weighted by Crippen LogP contribution is -2.06. The SMILES string of the molecule is NC(=NN=Cc1c(O)ccc2ccccc12)SCc1ccccc1. The summed E-state index contributed by atoms with van der Waals surface area (Å²) in [7, 11) is 0. The van der Waals surface area contributed by atoms with Crippen molar-refractivity contribution in [1.82, 2.24) is 0 Å². The summed E-state index contributed by atoms with van der Waals surface area (Å²) in [5.74, 6) is 0.911. The Hall–Kier alpha value is -2.79. The molecule has 0 aliphatic carbocycles. The highest BCUT2D eigenvalue weighted by Crippen LogP contribution is 2.25. The third-order valence-electron chi connectivity index (χ3n) is 3.52. The van der Waals surface area contributed by atoms with Gasteiger partial charge in [-0.3, -0.25) is 0 Å². The quantitative estimate of drug-likeness (QED) is 0.428. The van der Waals surface area contributed by atoms with Gasteiger partial charge in [0.05, 0.1) is 6.21 Å². The maximum Gasteiger partial charge on any atom is 0.180 e. The van der Waals surface area contributed by atoms with Gasteiger partial charge in [-0.05, 0) is 22.4 Å². The highest BCUT2D eigenvalue weighted by atomic mass is 32.2. The van der Waals surface area contributed by atoms with Gasteiger partial charge < -0.3 is 10.8 Å². The van der Waals surface area contributed by atoms with E-state index in [-0.39, 0.29) is 5.75 Å².